The number of imide groups is 1. The Morgan fingerprint density at radius 3 is 2.58 bits per heavy atom. The molecule has 4 N–H and O–H groups in total. The van der Waals surface area contributed by atoms with Crippen molar-refractivity contribution in [3.8, 4) is 0 Å². The van der Waals surface area contributed by atoms with E-state index in [9.17, 15) is 19.8 Å². The van der Waals surface area contributed by atoms with Crippen molar-refractivity contribution >= 4 is 11.9 Å². The van der Waals surface area contributed by atoms with Crippen molar-refractivity contribution in [2.45, 2.75) is 31.3 Å². The van der Waals surface area contributed by atoms with Crippen molar-refractivity contribution in [3.63, 3.8) is 0 Å². The topological polar surface area (TPSA) is 119 Å². The maximum atomic E-state index is 11.8. The van der Waals surface area contributed by atoms with E-state index in [2.05, 4.69) is 5.32 Å². The third-order valence-electron chi connectivity index (χ3n) is 3.63. The standard InChI is InChI=1S/C11H18N2O6/c1-2-13-3-5(10(17)12-11(13)18)9-8(16)7(15)6(4-14)19-9/h5-9,14-16H,2-4H2,1H3,(H,12,17,18)/t5?,6-,7-,8-,9+/m1/s1. The minimum absolute atomic E-state index is 0.119. The third-order valence-corrected chi connectivity index (χ3v) is 3.63. The number of nitrogens with zero attached hydrogens (tertiary/aromatic N) is 1. The fourth-order valence-corrected chi connectivity index (χ4v) is 2.47. The molecule has 0 saturated carbocycles. The molecule has 0 aromatic heterocycles. The van der Waals surface area contributed by atoms with Crippen LogP contribution in [0.1, 0.15) is 6.92 Å². The summed E-state index contributed by atoms with van der Waals surface area (Å²) in [6.07, 6.45) is -4.36. The van der Waals surface area contributed by atoms with E-state index in [0.717, 1.165) is 0 Å². The summed E-state index contributed by atoms with van der Waals surface area (Å²) in [5.41, 5.74) is 0. The summed E-state index contributed by atoms with van der Waals surface area (Å²) < 4.78 is 5.32. The van der Waals surface area contributed by atoms with Gasteiger partial charge in [0.2, 0.25) is 5.91 Å². The number of hydrogen-bond donors (Lipinski definition) is 4. The van der Waals surface area contributed by atoms with Crippen molar-refractivity contribution < 1.29 is 29.6 Å². The molecule has 0 aliphatic carbocycles. The number of amides is 3. The monoisotopic (exact) mass is 274 g/mol. The number of urea groups is 1. The van der Waals surface area contributed by atoms with E-state index in [1.54, 1.807) is 6.92 Å². The fraction of sp³-hybridized carbons (Fsp3) is 0.818. The van der Waals surface area contributed by atoms with Crippen LogP contribution in [0.5, 0.6) is 0 Å². The van der Waals surface area contributed by atoms with E-state index in [1.165, 1.54) is 4.90 Å². The highest BCUT2D eigenvalue weighted by molar-refractivity contribution is 5.98. The van der Waals surface area contributed by atoms with Crippen LogP contribution in [0.2, 0.25) is 0 Å². The van der Waals surface area contributed by atoms with Gasteiger partial charge in [0.25, 0.3) is 0 Å². The van der Waals surface area contributed by atoms with Crippen molar-refractivity contribution in [2.75, 3.05) is 19.7 Å². The molecule has 2 rings (SSSR count). The number of carbonyl (C=O) groups is 2. The average Bonchev–Trinajstić information content (AvgIpc) is 2.67. The van der Waals surface area contributed by atoms with Gasteiger partial charge in [0, 0.05) is 13.1 Å². The highest BCUT2D eigenvalue weighted by Gasteiger charge is 2.50. The van der Waals surface area contributed by atoms with Gasteiger partial charge in [-0.25, -0.2) is 4.79 Å². The molecular formula is C11H18N2O6. The lowest BCUT2D eigenvalue weighted by Gasteiger charge is -2.34. The molecule has 2 heterocycles. The Morgan fingerprint density at radius 1 is 1.37 bits per heavy atom. The molecule has 3 amide bonds. The minimum atomic E-state index is -1.26. The van der Waals surface area contributed by atoms with Gasteiger partial charge in [-0.05, 0) is 6.92 Å². The van der Waals surface area contributed by atoms with Crippen molar-refractivity contribution in [1.82, 2.24) is 10.2 Å². The zero-order chi connectivity index (χ0) is 14.2. The summed E-state index contributed by atoms with van der Waals surface area (Å²) in [7, 11) is 0. The van der Waals surface area contributed by atoms with E-state index >= 15 is 0 Å². The van der Waals surface area contributed by atoms with Crippen LogP contribution >= 0.6 is 0 Å². The molecule has 108 valence electrons. The van der Waals surface area contributed by atoms with Crippen LogP contribution in [-0.4, -0.2) is 76.3 Å². The van der Waals surface area contributed by atoms with Crippen LogP contribution in [0.3, 0.4) is 0 Å². The van der Waals surface area contributed by atoms with Crippen LogP contribution in [0.25, 0.3) is 0 Å². The van der Waals surface area contributed by atoms with Gasteiger partial charge < -0.3 is 25.0 Å². The number of aliphatic hydroxyl groups excluding tert-OH is 3. The first kappa shape index (κ1) is 14.2. The Labute approximate surface area is 110 Å². The predicted molar refractivity (Wildman–Crippen MR) is 62.0 cm³/mol. The maximum Gasteiger partial charge on any atom is 0.324 e. The molecular weight excluding hydrogens is 256 g/mol. The quantitative estimate of drug-likeness (QED) is 0.458. The lowest BCUT2D eigenvalue weighted by Crippen LogP contribution is -2.58. The summed E-state index contributed by atoms with van der Waals surface area (Å²) in [5.74, 6) is -1.30. The molecule has 2 aliphatic heterocycles. The molecule has 0 radical (unpaired) electrons. The van der Waals surface area contributed by atoms with E-state index in [1.807, 2.05) is 0 Å². The fourth-order valence-electron chi connectivity index (χ4n) is 2.47. The smallest absolute Gasteiger partial charge is 0.324 e. The zero-order valence-electron chi connectivity index (χ0n) is 10.5. The number of rotatable bonds is 3. The van der Waals surface area contributed by atoms with Gasteiger partial charge in [0.15, 0.2) is 0 Å². The highest BCUT2D eigenvalue weighted by Crippen LogP contribution is 2.28. The second-order valence-corrected chi connectivity index (χ2v) is 4.74. The molecule has 0 spiro atoms. The first-order valence-corrected chi connectivity index (χ1v) is 6.21. The number of carbonyl (C=O) groups excluding carboxylic acids is 2. The van der Waals surface area contributed by atoms with Crippen LogP contribution in [-0.2, 0) is 9.53 Å². The van der Waals surface area contributed by atoms with Crippen LogP contribution in [0.15, 0.2) is 0 Å². The summed E-state index contributed by atoms with van der Waals surface area (Å²) in [5, 5.41) is 30.8. The molecule has 2 fully saturated rings. The van der Waals surface area contributed by atoms with Crippen LogP contribution < -0.4 is 5.32 Å². The lowest BCUT2D eigenvalue weighted by atomic mass is 9.93. The molecule has 5 atom stereocenters. The Morgan fingerprint density at radius 2 is 2.05 bits per heavy atom. The van der Waals surface area contributed by atoms with Gasteiger partial charge in [0.05, 0.1) is 18.6 Å². The first-order valence-electron chi connectivity index (χ1n) is 6.21. The number of nitrogens with one attached hydrogen (secondary N) is 1. The first-order chi connectivity index (χ1) is 8.99. The van der Waals surface area contributed by atoms with Gasteiger partial charge in [-0.15, -0.1) is 0 Å². The Hall–Kier alpha value is -1.22. The second-order valence-electron chi connectivity index (χ2n) is 4.74. The Kier molecular flexibility index (Phi) is 4.04. The summed E-state index contributed by atoms with van der Waals surface area (Å²) in [6, 6.07) is -0.476. The van der Waals surface area contributed by atoms with Crippen molar-refractivity contribution in [2.24, 2.45) is 5.92 Å². The molecule has 0 bridgehead atoms. The van der Waals surface area contributed by atoms with Crippen LogP contribution in [0, 0.1) is 5.92 Å². The van der Waals surface area contributed by atoms with Crippen molar-refractivity contribution in [3.05, 3.63) is 0 Å². The molecule has 8 heteroatoms. The molecule has 0 aromatic rings. The summed E-state index contributed by atoms with van der Waals surface area (Å²) >= 11 is 0. The molecule has 19 heavy (non-hydrogen) atoms. The van der Waals surface area contributed by atoms with Gasteiger partial charge in [-0.3, -0.25) is 10.1 Å². The second kappa shape index (κ2) is 5.41. The third kappa shape index (κ3) is 2.44. The number of hydrogen-bond acceptors (Lipinski definition) is 6. The van der Waals surface area contributed by atoms with Crippen LogP contribution in [0.4, 0.5) is 4.79 Å². The largest absolute Gasteiger partial charge is 0.394 e. The summed E-state index contributed by atoms with van der Waals surface area (Å²) in [4.78, 5) is 24.7. The molecule has 2 aliphatic rings. The van der Waals surface area contributed by atoms with E-state index in [4.69, 9.17) is 9.84 Å². The maximum absolute atomic E-state index is 11.8. The van der Waals surface area contributed by atoms with Gasteiger partial charge in [-0.1, -0.05) is 0 Å². The number of ether oxygens (including phenoxy) is 1. The van der Waals surface area contributed by atoms with E-state index < -0.39 is 48.9 Å². The normalized spacial score (nSPS) is 39.6. The lowest BCUT2D eigenvalue weighted by molar-refractivity contribution is -0.135. The van der Waals surface area contributed by atoms with Crippen molar-refractivity contribution in [1.29, 1.82) is 0 Å². The molecule has 1 unspecified atom stereocenters. The van der Waals surface area contributed by atoms with Gasteiger partial charge in [-0.2, -0.15) is 0 Å². The average molecular weight is 274 g/mol. The zero-order valence-corrected chi connectivity index (χ0v) is 10.5. The minimum Gasteiger partial charge on any atom is -0.394 e. The molecule has 8 nitrogen and oxygen atoms in total. The Balaban J connectivity index is 2.13. The highest BCUT2D eigenvalue weighted by atomic mass is 16.6. The SMILES string of the molecule is CCN1CC([C@@H]2O[C@H](CO)[C@@H](O)[C@H]2O)C(=O)NC1=O. The van der Waals surface area contributed by atoms with E-state index in [-0.39, 0.29) is 6.54 Å². The number of aliphatic hydroxyl groups is 3. The molecule has 2 saturated heterocycles. The van der Waals surface area contributed by atoms with Gasteiger partial charge in [0.1, 0.15) is 18.3 Å². The van der Waals surface area contributed by atoms with Gasteiger partial charge >= 0.3 is 6.03 Å². The Bertz CT molecular complexity index is 376. The van der Waals surface area contributed by atoms with E-state index in [0.29, 0.717) is 6.54 Å². The summed E-state index contributed by atoms with van der Waals surface area (Å²) in [6.45, 7) is 1.86. The molecule has 0 aromatic carbocycles. The predicted octanol–water partition coefficient (Wildman–Crippen LogP) is -2.34.